The molecule has 21 heavy (non-hydrogen) atoms. The van der Waals surface area contributed by atoms with Gasteiger partial charge in [0, 0.05) is 13.1 Å². The number of nitrogens with two attached hydrogens (primary N) is 1. The van der Waals surface area contributed by atoms with Crippen molar-refractivity contribution in [3.8, 4) is 0 Å². The molecule has 0 saturated carbocycles. The third-order valence-corrected chi connectivity index (χ3v) is 5.71. The minimum atomic E-state index is -3.80. The van der Waals surface area contributed by atoms with Crippen LogP contribution in [0.3, 0.4) is 0 Å². The van der Waals surface area contributed by atoms with Gasteiger partial charge in [0.25, 0.3) is 0 Å². The summed E-state index contributed by atoms with van der Waals surface area (Å²) in [5.74, 6) is -0.404. The maximum Gasteiger partial charge on any atom is 0.241 e. The number of hydrogen-bond acceptors (Lipinski definition) is 5. The minimum absolute atomic E-state index is 0.0246. The van der Waals surface area contributed by atoms with Gasteiger partial charge in [0.1, 0.15) is 5.25 Å². The van der Waals surface area contributed by atoms with Crippen molar-refractivity contribution < 1.29 is 17.9 Å². The standard InChI is InChI=1S/C14H20N2O4S/c1-10-3-4-12(15)13(9-10)21(18,19)11(2)14(17)16-5-7-20-8-6-16/h3-4,9,11H,5-8,15H2,1-2H3. The molecule has 1 atom stereocenters. The molecule has 0 bridgehead atoms. The van der Waals surface area contributed by atoms with Gasteiger partial charge in [-0.2, -0.15) is 0 Å². The van der Waals surface area contributed by atoms with Crippen LogP contribution in [0.1, 0.15) is 12.5 Å². The first-order valence-corrected chi connectivity index (χ1v) is 8.35. The molecule has 1 aliphatic rings. The molecule has 1 saturated heterocycles. The van der Waals surface area contributed by atoms with Crippen LogP contribution in [0.25, 0.3) is 0 Å². The van der Waals surface area contributed by atoms with Crippen molar-refractivity contribution in [1.82, 2.24) is 4.90 Å². The molecule has 1 heterocycles. The number of nitrogen functional groups attached to an aromatic ring is 1. The number of morpholine rings is 1. The summed E-state index contributed by atoms with van der Waals surface area (Å²) in [5, 5.41) is -1.15. The van der Waals surface area contributed by atoms with Crippen molar-refractivity contribution in [2.24, 2.45) is 0 Å². The smallest absolute Gasteiger partial charge is 0.241 e. The lowest BCUT2D eigenvalue weighted by Gasteiger charge is -2.29. The number of carbonyl (C=O) groups is 1. The molecule has 1 aromatic rings. The first kappa shape index (κ1) is 15.8. The number of aryl methyl sites for hydroxylation is 1. The van der Waals surface area contributed by atoms with Crippen LogP contribution < -0.4 is 5.73 Å². The van der Waals surface area contributed by atoms with E-state index >= 15 is 0 Å². The lowest BCUT2D eigenvalue weighted by atomic mass is 10.2. The molecule has 1 amide bonds. The van der Waals surface area contributed by atoms with Crippen molar-refractivity contribution in [3.63, 3.8) is 0 Å². The van der Waals surface area contributed by atoms with Crippen LogP contribution in [-0.2, 0) is 19.4 Å². The Hall–Kier alpha value is -1.60. The van der Waals surface area contributed by atoms with Gasteiger partial charge in [0.05, 0.1) is 23.8 Å². The number of anilines is 1. The molecule has 2 rings (SSSR count). The largest absolute Gasteiger partial charge is 0.398 e. The summed E-state index contributed by atoms with van der Waals surface area (Å²) < 4.78 is 30.4. The molecule has 116 valence electrons. The Morgan fingerprint density at radius 1 is 1.33 bits per heavy atom. The van der Waals surface area contributed by atoms with Crippen LogP contribution in [0, 0.1) is 6.92 Å². The summed E-state index contributed by atoms with van der Waals surface area (Å²) in [6, 6.07) is 4.80. The van der Waals surface area contributed by atoms with Gasteiger partial charge in [-0.1, -0.05) is 6.07 Å². The molecule has 0 spiro atoms. The first-order valence-electron chi connectivity index (χ1n) is 6.80. The van der Waals surface area contributed by atoms with Gasteiger partial charge in [0.2, 0.25) is 5.91 Å². The summed E-state index contributed by atoms with van der Waals surface area (Å²) in [5.41, 5.74) is 6.72. The zero-order valence-electron chi connectivity index (χ0n) is 12.2. The molecular weight excluding hydrogens is 292 g/mol. The number of sulfone groups is 1. The normalized spacial score (nSPS) is 17.5. The quantitative estimate of drug-likeness (QED) is 0.825. The average molecular weight is 312 g/mol. The Balaban J connectivity index is 2.29. The molecule has 1 aliphatic heterocycles. The van der Waals surface area contributed by atoms with E-state index in [1.807, 2.05) is 0 Å². The Labute approximate surface area is 124 Å². The zero-order chi connectivity index (χ0) is 15.6. The Kier molecular flexibility index (Phi) is 4.53. The monoisotopic (exact) mass is 312 g/mol. The lowest BCUT2D eigenvalue weighted by Crippen LogP contribution is -2.47. The average Bonchev–Trinajstić information content (AvgIpc) is 2.49. The van der Waals surface area contributed by atoms with E-state index in [4.69, 9.17) is 10.5 Å². The van der Waals surface area contributed by atoms with Crippen LogP contribution in [-0.4, -0.2) is 50.8 Å². The Morgan fingerprint density at radius 2 is 1.95 bits per heavy atom. The number of rotatable bonds is 3. The highest BCUT2D eigenvalue weighted by Gasteiger charge is 2.34. The Morgan fingerprint density at radius 3 is 2.57 bits per heavy atom. The van der Waals surface area contributed by atoms with E-state index in [9.17, 15) is 13.2 Å². The van der Waals surface area contributed by atoms with Gasteiger partial charge in [-0.3, -0.25) is 4.79 Å². The second-order valence-electron chi connectivity index (χ2n) is 5.17. The van der Waals surface area contributed by atoms with Crippen molar-refractivity contribution in [2.45, 2.75) is 24.0 Å². The van der Waals surface area contributed by atoms with Crippen molar-refractivity contribution in [3.05, 3.63) is 23.8 Å². The van der Waals surface area contributed by atoms with Gasteiger partial charge in [-0.25, -0.2) is 8.42 Å². The fourth-order valence-electron chi connectivity index (χ4n) is 2.25. The minimum Gasteiger partial charge on any atom is -0.398 e. The van der Waals surface area contributed by atoms with E-state index in [2.05, 4.69) is 0 Å². The van der Waals surface area contributed by atoms with Crippen LogP contribution >= 0.6 is 0 Å². The van der Waals surface area contributed by atoms with Crippen LogP contribution in [0.5, 0.6) is 0 Å². The second-order valence-corrected chi connectivity index (χ2v) is 7.40. The number of ether oxygens (including phenoxy) is 1. The van der Waals surface area contributed by atoms with Crippen molar-refractivity contribution >= 4 is 21.4 Å². The highest BCUT2D eigenvalue weighted by Crippen LogP contribution is 2.25. The molecule has 7 heteroatoms. The van der Waals surface area contributed by atoms with Crippen molar-refractivity contribution in [2.75, 3.05) is 32.0 Å². The molecule has 0 radical (unpaired) electrons. The summed E-state index contributed by atoms with van der Waals surface area (Å²) in [6.07, 6.45) is 0. The molecule has 2 N–H and O–H groups in total. The summed E-state index contributed by atoms with van der Waals surface area (Å²) in [6.45, 7) is 4.90. The molecule has 0 aromatic heterocycles. The highest BCUT2D eigenvalue weighted by molar-refractivity contribution is 7.93. The van der Waals surface area contributed by atoms with E-state index in [1.54, 1.807) is 19.1 Å². The van der Waals surface area contributed by atoms with E-state index < -0.39 is 21.0 Å². The van der Waals surface area contributed by atoms with Gasteiger partial charge < -0.3 is 15.4 Å². The molecule has 1 fully saturated rings. The SMILES string of the molecule is Cc1ccc(N)c(S(=O)(=O)C(C)C(=O)N2CCOCC2)c1. The number of nitrogens with zero attached hydrogens (tertiary/aromatic N) is 1. The number of hydrogen-bond donors (Lipinski definition) is 1. The van der Waals surface area contributed by atoms with Gasteiger partial charge in [0.15, 0.2) is 9.84 Å². The van der Waals surface area contributed by atoms with Gasteiger partial charge in [-0.05, 0) is 31.5 Å². The molecule has 1 unspecified atom stereocenters. The highest BCUT2D eigenvalue weighted by atomic mass is 32.2. The van der Waals surface area contributed by atoms with E-state index in [0.29, 0.717) is 26.3 Å². The summed E-state index contributed by atoms with van der Waals surface area (Å²) >= 11 is 0. The molecule has 0 aliphatic carbocycles. The zero-order valence-corrected chi connectivity index (χ0v) is 13.0. The molecule has 1 aromatic carbocycles. The predicted octanol–water partition coefficient (Wildman–Crippen LogP) is 0.598. The summed E-state index contributed by atoms with van der Waals surface area (Å²) in [7, 11) is -3.80. The number of benzene rings is 1. The van der Waals surface area contributed by atoms with E-state index in [1.165, 1.54) is 17.9 Å². The fourth-order valence-corrected chi connectivity index (χ4v) is 3.79. The van der Waals surface area contributed by atoms with Crippen LogP contribution in [0.2, 0.25) is 0 Å². The lowest BCUT2D eigenvalue weighted by molar-refractivity contribution is -0.134. The second kappa shape index (κ2) is 6.03. The number of carbonyl (C=O) groups excluding carboxylic acids is 1. The van der Waals surface area contributed by atoms with Gasteiger partial charge >= 0.3 is 0 Å². The third kappa shape index (κ3) is 3.19. The molecule has 6 nitrogen and oxygen atoms in total. The van der Waals surface area contributed by atoms with Crippen molar-refractivity contribution in [1.29, 1.82) is 0 Å². The molecular formula is C14H20N2O4S. The third-order valence-electron chi connectivity index (χ3n) is 3.61. The van der Waals surface area contributed by atoms with Gasteiger partial charge in [-0.15, -0.1) is 0 Å². The predicted molar refractivity (Wildman–Crippen MR) is 79.6 cm³/mol. The van der Waals surface area contributed by atoms with Crippen LogP contribution in [0.15, 0.2) is 23.1 Å². The fraction of sp³-hybridized carbons (Fsp3) is 0.500. The maximum absolute atomic E-state index is 12.6. The first-order chi connectivity index (χ1) is 9.84. The topological polar surface area (TPSA) is 89.7 Å². The summed E-state index contributed by atoms with van der Waals surface area (Å²) in [4.78, 5) is 13.9. The number of amides is 1. The Bertz CT molecular complexity index is 636. The van der Waals surface area contributed by atoms with Crippen LogP contribution in [0.4, 0.5) is 5.69 Å². The van der Waals surface area contributed by atoms with E-state index in [0.717, 1.165) is 5.56 Å². The van der Waals surface area contributed by atoms with E-state index in [-0.39, 0.29) is 10.6 Å². The maximum atomic E-state index is 12.6.